The Morgan fingerprint density at radius 1 is 1.50 bits per heavy atom. The van der Waals surface area contributed by atoms with E-state index in [0.717, 1.165) is 6.42 Å². The van der Waals surface area contributed by atoms with Gasteiger partial charge in [0.05, 0.1) is 0 Å². The second-order valence-electron chi connectivity index (χ2n) is 1.73. The maximum Gasteiger partial charge on any atom is 0.154 e. The van der Waals surface area contributed by atoms with Crippen LogP contribution in [0, 0.1) is 0 Å². The largest absolute Gasteiger partial charge is 0.368 e. The SMILES string of the molecule is CCCOC(O)CC. The molecule has 0 aliphatic heterocycles. The van der Waals surface area contributed by atoms with Crippen molar-refractivity contribution in [2.45, 2.75) is 33.0 Å². The van der Waals surface area contributed by atoms with E-state index in [0.29, 0.717) is 13.0 Å². The molecule has 1 unspecified atom stereocenters. The molecule has 2 heteroatoms. The number of hydrogen-bond donors (Lipinski definition) is 1. The molecule has 0 aromatic heterocycles. The standard InChI is InChI=1S/C6H14O2/c1-3-5-8-6(7)4-2/h6-7H,3-5H2,1-2H3. The van der Waals surface area contributed by atoms with Crippen molar-refractivity contribution in [3.8, 4) is 0 Å². The zero-order chi connectivity index (χ0) is 6.41. The lowest BCUT2D eigenvalue weighted by Gasteiger charge is -2.06. The molecule has 0 bridgehead atoms. The van der Waals surface area contributed by atoms with Crippen LogP contribution in [0.25, 0.3) is 0 Å². The van der Waals surface area contributed by atoms with Gasteiger partial charge in [0.2, 0.25) is 0 Å². The van der Waals surface area contributed by atoms with Gasteiger partial charge in [0.15, 0.2) is 6.29 Å². The van der Waals surface area contributed by atoms with Crippen LogP contribution in [0.1, 0.15) is 26.7 Å². The van der Waals surface area contributed by atoms with Gasteiger partial charge in [-0.1, -0.05) is 13.8 Å². The van der Waals surface area contributed by atoms with E-state index in [9.17, 15) is 0 Å². The number of aliphatic hydroxyl groups is 1. The van der Waals surface area contributed by atoms with Crippen LogP contribution in [0.4, 0.5) is 0 Å². The lowest BCUT2D eigenvalue weighted by molar-refractivity contribution is -0.0996. The van der Waals surface area contributed by atoms with Crippen LogP contribution in [0.2, 0.25) is 0 Å². The molecule has 0 aliphatic carbocycles. The van der Waals surface area contributed by atoms with Gasteiger partial charge in [-0.05, 0) is 12.8 Å². The fourth-order valence-corrected chi connectivity index (χ4v) is 0.372. The highest BCUT2D eigenvalue weighted by atomic mass is 16.6. The number of rotatable bonds is 4. The zero-order valence-corrected chi connectivity index (χ0v) is 5.55. The van der Waals surface area contributed by atoms with E-state index in [1.165, 1.54) is 0 Å². The molecule has 0 rings (SSSR count). The number of ether oxygens (including phenoxy) is 1. The quantitative estimate of drug-likeness (QED) is 0.561. The maximum absolute atomic E-state index is 8.77. The maximum atomic E-state index is 8.77. The molecule has 2 nitrogen and oxygen atoms in total. The first-order chi connectivity index (χ1) is 3.81. The van der Waals surface area contributed by atoms with E-state index in [1.807, 2.05) is 13.8 Å². The molecule has 1 N–H and O–H groups in total. The Kier molecular flexibility index (Phi) is 5.01. The smallest absolute Gasteiger partial charge is 0.154 e. The van der Waals surface area contributed by atoms with Crippen molar-refractivity contribution in [3.63, 3.8) is 0 Å². The van der Waals surface area contributed by atoms with Gasteiger partial charge in [-0.25, -0.2) is 0 Å². The van der Waals surface area contributed by atoms with Crippen molar-refractivity contribution in [3.05, 3.63) is 0 Å². The van der Waals surface area contributed by atoms with Crippen molar-refractivity contribution in [1.82, 2.24) is 0 Å². The molecule has 0 aromatic carbocycles. The third-order valence-corrected chi connectivity index (χ3v) is 0.864. The van der Waals surface area contributed by atoms with E-state index in [2.05, 4.69) is 0 Å². The van der Waals surface area contributed by atoms with Crippen LogP contribution in [0.3, 0.4) is 0 Å². The molecule has 0 saturated carbocycles. The minimum absolute atomic E-state index is 0.546. The Morgan fingerprint density at radius 3 is 2.50 bits per heavy atom. The summed E-state index contributed by atoms with van der Waals surface area (Å²) < 4.78 is 4.90. The second-order valence-corrected chi connectivity index (χ2v) is 1.73. The minimum Gasteiger partial charge on any atom is -0.368 e. The van der Waals surface area contributed by atoms with Gasteiger partial charge >= 0.3 is 0 Å². The Balaban J connectivity index is 2.86. The third-order valence-electron chi connectivity index (χ3n) is 0.864. The highest BCUT2D eigenvalue weighted by Gasteiger charge is 1.95. The predicted molar refractivity (Wildman–Crippen MR) is 32.5 cm³/mol. The molecule has 0 heterocycles. The first-order valence-corrected chi connectivity index (χ1v) is 3.11. The van der Waals surface area contributed by atoms with Crippen LogP contribution in [-0.2, 0) is 4.74 Å². The van der Waals surface area contributed by atoms with Gasteiger partial charge in [-0.3, -0.25) is 0 Å². The molecule has 0 spiro atoms. The van der Waals surface area contributed by atoms with Gasteiger partial charge < -0.3 is 9.84 Å². The van der Waals surface area contributed by atoms with Crippen LogP contribution in [-0.4, -0.2) is 18.0 Å². The van der Waals surface area contributed by atoms with Crippen molar-refractivity contribution < 1.29 is 9.84 Å². The summed E-state index contributed by atoms with van der Waals surface area (Å²) in [7, 11) is 0. The van der Waals surface area contributed by atoms with E-state index in [4.69, 9.17) is 9.84 Å². The third kappa shape index (κ3) is 4.09. The lowest BCUT2D eigenvalue weighted by Crippen LogP contribution is -2.10. The molecule has 50 valence electrons. The molecule has 0 radical (unpaired) electrons. The zero-order valence-electron chi connectivity index (χ0n) is 5.55. The highest BCUT2D eigenvalue weighted by molar-refractivity contribution is 4.32. The van der Waals surface area contributed by atoms with Gasteiger partial charge in [0.25, 0.3) is 0 Å². The summed E-state index contributed by atoms with van der Waals surface area (Å²) in [6, 6.07) is 0. The van der Waals surface area contributed by atoms with Gasteiger partial charge in [-0.15, -0.1) is 0 Å². The first kappa shape index (κ1) is 7.92. The van der Waals surface area contributed by atoms with E-state index < -0.39 is 6.29 Å². The summed E-state index contributed by atoms with van der Waals surface area (Å²) in [5, 5.41) is 8.77. The predicted octanol–water partition coefficient (Wildman–Crippen LogP) is 1.14. The Morgan fingerprint density at radius 2 is 2.12 bits per heavy atom. The minimum atomic E-state index is -0.546. The van der Waals surface area contributed by atoms with Crippen LogP contribution in [0.5, 0.6) is 0 Å². The molecule has 8 heavy (non-hydrogen) atoms. The summed E-state index contributed by atoms with van der Waals surface area (Å²) in [6.45, 7) is 4.57. The van der Waals surface area contributed by atoms with Crippen LogP contribution < -0.4 is 0 Å². The summed E-state index contributed by atoms with van der Waals surface area (Å²) in [5.74, 6) is 0. The van der Waals surface area contributed by atoms with Crippen molar-refractivity contribution in [2.24, 2.45) is 0 Å². The van der Waals surface area contributed by atoms with E-state index >= 15 is 0 Å². The molecular formula is C6H14O2. The normalized spacial score (nSPS) is 13.9. The molecular weight excluding hydrogens is 104 g/mol. The van der Waals surface area contributed by atoms with Crippen molar-refractivity contribution in [1.29, 1.82) is 0 Å². The molecule has 0 saturated heterocycles. The fourth-order valence-electron chi connectivity index (χ4n) is 0.372. The van der Waals surface area contributed by atoms with Crippen molar-refractivity contribution in [2.75, 3.05) is 6.61 Å². The second kappa shape index (κ2) is 5.06. The molecule has 0 fully saturated rings. The van der Waals surface area contributed by atoms with E-state index in [1.54, 1.807) is 0 Å². The summed E-state index contributed by atoms with van der Waals surface area (Å²) in [5.41, 5.74) is 0. The lowest BCUT2D eigenvalue weighted by atomic mass is 10.5. The van der Waals surface area contributed by atoms with Crippen molar-refractivity contribution >= 4 is 0 Å². The molecule has 0 aliphatic rings. The van der Waals surface area contributed by atoms with E-state index in [-0.39, 0.29) is 0 Å². The number of hydrogen-bond acceptors (Lipinski definition) is 2. The van der Waals surface area contributed by atoms with Crippen LogP contribution in [0.15, 0.2) is 0 Å². The highest BCUT2D eigenvalue weighted by Crippen LogP contribution is 1.92. The summed E-state index contributed by atoms with van der Waals surface area (Å²) in [4.78, 5) is 0. The average molecular weight is 118 g/mol. The van der Waals surface area contributed by atoms with Gasteiger partial charge in [-0.2, -0.15) is 0 Å². The molecule has 1 atom stereocenters. The summed E-state index contributed by atoms with van der Waals surface area (Å²) >= 11 is 0. The van der Waals surface area contributed by atoms with Gasteiger partial charge in [0.1, 0.15) is 0 Å². The summed E-state index contributed by atoms with van der Waals surface area (Å²) in [6.07, 6.45) is 1.10. The first-order valence-electron chi connectivity index (χ1n) is 3.11. The monoisotopic (exact) mass is 118 g/mol. The Hall–Kier alpha value is -0.0800. The average Bonchev–Trinajstić information content (AvgIpc) is 1.83. The fraction of sp³-hybridized carbons (Fsp3) is 1.00. The Bertz CT molecular complexity index is 45.8. The molecule has 0 aromatic rings. The number of aliphatic hydroxyl groups excluding tert-OH is 1. The topological polar surface area (TPSA) is 29.5 Å². The van der Waals surface area contributed by atoms with Crippen LogP contribution >= 0.6 is 0 Å². The molecule has 0 amide bonds. The Labute approximate surface area is 50.5 Å². The van der Waals surface area contributed by atoms with Gasteiger partial charge in [0, 0.05) is 6.61 Å².